The number of likely N-dealkylation sites (tertiary alicyclic amines) is 1. The van der Waals surface area contributed by atoms with Gasteiger partial charge in [-0.1, -0.05) is 0 Å². The standard InChI is InChI=1S/C9H17NO3/c11-8(7-9(12)13)3-6-10-4-1-2-5-10/h8,11H,1-7H2,(H,12,13). The number of carbonyl (C=O) groups is 1. The van der Waals surface area contributed by atoms with E-state index in [1.165, 1.54) is 12.8 Å². The fourth-order valence-electron chi connectivity index (χ4n) is 1.64. The van der Waals surface area contributed by atoms with Gasteiger partial charge in [0.05, 0.1) is 12.5 Å². The minimum atomic E-state index is -0.922. The van der Waals surface area contributed by atoms with Gasteiger partial charge in [-0.25, -0.2) is 0 Å². The Kier molecular flexibility index (Phi) is 4.18. The van der Waals surface area contributed by atoms with E-state index in [0.29, 0.717) is 6.42 Å². The number of nitrogens with zero attached hydrogens (tertiary/aromatic N) is 1. The maximum atomic E-state index is 10.2. The van der Waals surface area contributed by atoms with E-state index < -0.39 is 12.1 Å². The topological polar surface area (TPSA) is 60.8 Å². The van der Waals surface area contributed by atoms with Crippen LogP contribution in [-0.2, 0) is 4.79 Å². The zero-order valence-electron chi connectivity index (χ0n) is 7.78. The van der Waals surface area contributed by atoms with Gasteiger partial charge in [-0.2, -0.15) is 0 Å². The maximum absolute atomic E-state index is 10.2. The van der Waals surface area contributed by atoms with Crippen LogP contribution in [0.15, 0.2) is 0 Å². The fourth-order valence-corrected chi connectivity index (χ4v) is 1.64. The van der Waals surface area contributed by atoms with Crippen molar-refractivity contribution in [2.75, 3.05) is 19.6 Å². The molecule has 2 N–H and O–H groups in total. The molecule has 0 aromatic heterocycles. The van der Waals surface area contributed by atoms with Crippen LogP contribution in [-0.4, -0.2) is 46.8 Å². The molecule has 1 fully saturated rings. The Morgan fingerprint density at radius 2 is 2.00 bits per heavy atom. The highest BCUT2D eigenvalue weighted by molar-refractivity contribution is 5.67. The van der Waals surface area contributed by atoms with Gasteiger partial charge in [0, 0.05) is 6.54 Å². The molecule has 0 saturated carbocycles. The van der Waals surface area contributed by atoms with E-state index in [0.717, 1.165) is 19.6 Å². The first-order valence-electron chi connectivity index (χ1n) is 4.80. The number of hydrogen-bond donors (Lipinski definition) is 2. The quantitative estimate of drug-likeness (QED) is 0.650. The third-order valence-corrected chi connectivity index (χ3v) is 2.39. The van der Waals surface area contributed by atoms with E-state index in [4.69, 9.17) is 5.11 Å². The maximum Gasteiger partial charge on any atom is 0.305 e. The predicted molar refractivity (Wildman–Crippen MR) is 48.6 cm³/mol. The van der Waals surface area contributed by atoms with E-state index in [1.807, 2.05) is 0 Å². The number of hydrogen-bond acceptors (Lipinski definition) is 3. The lowest BCUT2D eigenvalue weighted by Gasteiger charge is -2.16. The molecule has 1 rings (SSSR count). The molecule has 0 aromatic carbocycles. The summed E-state index contributed by atoms with van der Waals surface area (Å²) in [4.78, 5) is 12.5. The Morgan fingerprint density at radius 3 is 2.54 bits per heavy atom. The van der Waals surface area contributed by atoms with Crippen LogP contribution in [0.5, 0.6) is 0 Å². The highest BCUT2D eigenvalue weighted by Crippen LogP contribution is 2.09. The second-order valence-electron chi connectivity index (χ2n) is 3.59. The highest BCUT2D eigenvalue weighted by atomic mass is 16.4. The SMILES string of the molecule is O=C(O)CC(O)CCN1CCCC1. The van der Waals surface area contributed by atoms with E-state index in [2.05, 4.69) is 4.90 Å². The van der Waals surface area contributed by atoms with Crippen molar-refractivity contribution in [1.82, 2.24) is 4.90 Å². The van der Waals surface area contributed by atoms with E-state index >= 15 is 0 Å². The summed E-state index contributed by atoms with van der Waals surface area (Å²) in [5.41, 5.74) is 0. The summed E-state index contributed by atoms with van der Waals surface area (Å²) in [6, 6.07) is 0. The van der Waals surface area contributed by atoms with Crippen molar-refractivity contribution in [3.63, 3.8) is 0 Å². The molecule has 0 radical (unpaired) electrons. The van der Waals surface area contributed by atoms with Crippen LogP contribution in [0.3, 0.4) is 0 Å². The lowest BCUT2D eigenvalue weighted by Crippen LogP contribution is -2.25. The molecular formula is C9H17NO3. The van der Waals surface area contributed by atoms with Crippen LogP contribution < -0.4 is 0 Å². The zero-order valence-corrected chi connectivity index (χ0v) is 7.78. The van der Waals surface area contributed by atoms with Crippen molar-refractivity contribution < 1.29 is 15.0 Å². The fraction of sp³-hybridized carbons (Fsp3) is 0.889. The van der Waals surface area contributed by atoms with Crippen LogP contribution in [0.25, 0.3) is 0 Å². The number of carboxylic acids is 1. The van der Waals surface area contributed by atoms with E-state index in [9.17, 15) is 9.90 Å². The van der Waals surface area contributed by atoms with Crippen molar-refractivity contribution in [3.05, 3.63) is 0 Å². The number of rotatable bonds is 5. The normalized spacial score (nSPS) is 20.4. The third-order valence-electron chi connectivity index (χ3n) is 2.39. The van der Waals surface area contributed by atoms with Crippen molar-refractivity contribution in [2.24, 2.45) is 0 Å². The average Bonchev–Trinajstić information content (AvgIpc) is 2.51. The van der Waals surface area contributed by atoms with Crippen LogP contribution >= 0.6 is 0 Å². The first kappa shape index (κ1) is 10.5. The molecule has 4 nitrogen and oxygen atoms in total. The van der Waals surface area contributed by atoms with Crippen LogP contribution in [0.1, 0.15) is 25.7 Å². The summed E-state index contributed by atoms with van der Waals surface area (Å²) >= 11 is 0. The number of aliphatic carboxylic acids is 1. The molecule has 1 atom stereocenters. The summed E-state index contributed by atoms with van der Waals surface area (Å²) in [5.74, 6) is -0.922. The number of aliphatic hydroxyl groups is 1. The summed E-state index contributed by atoms with van der Waals surface area (Å²) in [5, 5.41) is 17.7. The lowest BCUT2D eigenvalue weighted by atomic mass is 10.2. The molecule has 1 unspecified atom stereocenters. The monoisotopic (exact) mass is 187 g/mol. The summed E-state index contributed by atoms with van der Waals surface area (Å²) in [7, 11) is 0. The summed E-state index contributed by atoms with van der Waals surface area (Å²) < 4.78 is 0. The van der Waals surface area contributed by atoms with Crippen molar-refractivity contribution in [3.8, 4) is 0 Å². The molecule has 1 saturated heterocycles. The van der Waals surface area contributed by atoms with Gasteiger partial charge >= 0.3 is 5.97 Å². The number of carboxylic acid groups (broad SMARTS) is 1. The Morgan fingerprint density at radius 1 is 1.38 bits per heavy atom. The molecule has 1 heterocycles. The molecule has 0 spiro atoms. The molecule has 0 bridgehead atoms. The van der Waals surface area contributed by atoms with Gasteiger partial charge in [-0.05, 0) is 32.4 Å². The smallest absolute Gasteiger partial charge is 0.305 e. The largest absolute Gasteiger partial charge is 0.481 e. The highest BCUT2D eigenvalue weighted by Gasteiger charge is 2.14. The third kappa shape index (κ3) is 4.24. The van der Waals surface area contributed by atoms with E-state index in [1.54, 1.807) is 0 Å². The van der Waals surface area contributed by atoms with Crippen molar-refractivity contribution in [1.29, 1.82) is 0 Å². The van der Waals surface area contributed by atoms with Gasteiger partial charge in [0.25, 0.3) is 0 Å². The summed E-state index contributed by atoms with van der Waals surface area (Å²) in [6.07, 6.45) is 2.22. The van der Waals surface area contributed by atoms with Gasteiger partial charge in [0.15, 0.2) is 0 Å². The van der Waals surface area contributed by atoms with Crippen LogP contribution in [0, 0.1) is 0 Å². The minimum Gasteiger partial charge on any atom is -0.481 e. The average molecular weight is 187 g/mol. The molecule has 0 aliphatic carbocycles. The molecule has 0 amide bonds. The molecule has 1 aliphatic rings. The minimum absolute atomic E-state index is 0.131. The van der Waals surface area contributed by atoms with Gasteiger partial charge in [0.1, 0.15) is 0 Å². The first-order valence-corrected chi connectivity index (χ1v) is 4.80. The van der Waals surface area contributed by atoms with Crippen LogP contribution in [0.2, 0.25) is 0 Å². The molecule has 13 heavy (non-hydrogen) atoms. The van der Waals surface area contributed by atoms with Gasteiger partial charge in [-0.3, -0.25) is 4.79 Å². The van der Waals surface area contributed by atoms with Gasteiger partial charge in [-0.15, -0.1) is 0 Å². The molecule has 1 aliphatic heterocycles. The van der Waals surface area contributed by atoms with Gasteiger partial charge < -0.3 is 15.1 Å². The molecule has 0 aromatic rings. The second kappa shape index (κ2) is 5.19. The molecule has 4 heteroatoms. The molecular weight excluding hydrogens is 170 g/mol. The first-order chi connectivity index (χ1) is 6.18. The number of aliphatic hydroxyl groups excluding tert-OH is 1. The Hall–Kier alpha value is -0.610. The van der Waals surface area contributed by atoms with E-state index in [-0.39, 0.29) is 6.42 Å². The molecule has 76 valence electrons. The van der Waals surface area contributed by atoms with Crippen LogP contribution in [0.4, 0.5) is 0 Å². The summed E-state index contributed by atoms with van der Waals surface area (Å²) in [6.45, 7) is 3.02. The van der Waals surface area contributed by atoms with Crippen molar-refractivity contribution in [2.45, 2.75) is 31.8 Å². The Bertz CT molecular complexity index is 166. The predicted octanol–water partition coefficient (Wildman–Crippen LogP) is 0.308. The zero-order chi connectivity index (χ0) is 9.68. The second-order valence-corrected chi connectivity index (χ2v) is 3.59. The van der Waals surface area contributed by atoms with Gasteiger partial charge in [0.2, 0.25) is 0 Å². The lowest BCUT2D eigenvalue weighted by molar-refractivity contribution is -0.139. The Labute approximate surface area is 78.2 Å². The van der Waals surface area contributed by atoms with Crippen molar-refractivity contribution >= 4 is 5.97 Å². The Balaban J connectivity index is 2.06.